The van der Waals surface area contributed by atoms with Gasteiger partial charge in [0, 0.05) is 5.69 Å². The minimum Gasteiger partial charge on any atom is -0.358 e. The van der Waals surface area contributed by atoms with Crippen molar-refractivity contribution >= 4 is 33.3 Å². The highest BCUT2D eigenvalue weighted by atomic mass is 79.9. The van der Waals surface area contributed by atoms with E-state index in [9.17, 15) is 14.9 Å². The van der Waals surface area contributed by atoms with Gasteiger partial charge >= 0.3 is 5.82 Å². The molecule has 2 heterocycles. The summed E-state index contributed by atoms with van der Waals surface area (Å²) in [7, 11) is 0. The molecule has 3 aromatic rings. The molecule has 0 saturated heterocycles. The number of anilines is 1. The molecule has 0 spiro atoms. The summed E-state index contributed by atoms with van der Waals surface area (Å²) in [6, 6.07) is 9.01. The Morgan fingerprint density at radius 1 is 1.23 bits per heavy atom. The average Bonchev–Trinajstić information content (AvgIpc) is 3.17. The quantitative estimate of drug-likeness (QED) is 0.411. The van der Waals surface area contributed by atoms with Crippen LogP contribution < -0.4 is 5.32 Å². The zero-order chi connectivity index (χ0) is 22.0. The first-order valence-electron chi connectivity index (χ1n) is 9.44. The molecular weight excluding hydrogens is 452 g/mol. The van der Waals surface area contributed by atoms with Gasteiger partial charge in [0.1, 0.15) is 0 Å². The molecule has 1 unspecified atom stereocenters. The lowest BCUT2D eigenvalue weighted by atomic mass is 10.1. The maximum absolute atomic E-state index is 12.6. The van der Waals surface area contributed by atoms with Gasteiger partial charge in [0.05, 0.1) is 51.7 Å². The minimum absolute atomic E-state index is 0.182. The Bertz CT molecular complexity index is 1100. The SMILES string of the molecule is Cc1nn(Cc2cccc(NC(=O)C(C)Cn3nc([N+](=O)[O-])cc3C)c2)c(C)c1Br. The maximum atomic E-state index is 12.6. The van der Waals surface area contributed by atoms with Crippen molar-refractivity contribution < 1.29 is 9.72 Å². The smallest absolute Gasteiger partial charge is 0.358 e. The lowest BCUT2D eigenvalue weighted by Crippen LogP contribution is -2.25. The number of hydrogen-bond donors (Lipinski definition) is 1. The summed E-state index contributed by atoms with van der Waals surface area (Å²) in [4.78, 5) is 23.0. The van der Waals surface area contributed by atoms with Crippen LogP contribution in [0.5, 0.6) is 0 Å². The fourth-order valence-electron chi connectivity index (χ4n) is 3.12. The molecule has 0 aliphatic carbocycles. The van der Waals surface area contributed by atoms with Crippen molar-refractivity contribution in [2.45, 2.75) is 40.8 Å². The summed E-state index contributed by atoms with van der Waals surface area (Å²) in [5.74, 6) is -0.819. The molecular formula is C20H23BrN6O3. The molecule has 0 aliphatic heterocycles. The van der Waals surface area contributed by atoms with E-state index in [-0.39, 0.29) is 18.3 Å². The second kappa shape index (κ2) is 8.78. The monoisotopic (exact) mass is 474 g/mol. The normalized spacial score (nSPS) is 12.0. The van der Waals surface area contributed by atoms with Crippen LogP contribution in [0.3, 0.4) is 0 Å². The van der Waals surface area contributed by atoms with Gasteiger partial charge in [-0.05, 0) is 59.3 Å². The van der Waals surface area contributed by atoms with Crippen molar-refractivity contribution in [3.63, 3.8) is 0 Å². The lowest BCUT2D eigenvalue weighted by Gasteiger charge is -2.13. The van der Waals surface area contributed by atoms with E-state index in [1.54, 1.807) is 13.8 Å². The van der Waals surface area contributed by atoms with E-state index in [0.717, 1.165) is 21.4 Å². The molecule has 0 saturated carbocycles. The predicted octanol–water partition coefficient (Wildman–Crippen LogP) is 4.00. The van der Waals surface area contributed by atoms with E-state index in [1.807, 2.05) is 42.8 Å². The third kappa shape index (κ3) is 4.76. The van der Waals surface area contributed by atoms with Crippen LogP contribution in [0.4, 0.5) is 11.5 Å². The van der Waals surface area contributed by atoms with Crippen LogP contribution in [0.1, 0.15) is 29.6 Å². The Hall–Kier alpha value is -3.01. The van der Waals surface area contributed by atoms with Crippen molar-refractivity contribution in [2.24, 2.45) is 5.92 Å². The molecule has 9 nitrogen and oxygen atoms in total. The Balaban J connectivity index is 1.67. The van der Waals surface area contributed by atoms with Crippen molar-refractivity contribution in [3.8, 4) is 0 Å². The maximum Gasteiger partial charge on any atom is 0.390 e. The number of aromatic nitrogens is 4. The molecule has 0 bridgehead atoms. The number of nitro groups is 1. The molecule has 3 rings (SSSR count). The number of halogens is 1. The Kier molecular flexibility index (Phi) is 6.35. The second-order valence-corrected chi connectivity index (χ2v) is 8.11. The largest absolute Gasteiger partial charge is 0.390 e. The molecule has 10 heteroatoms. The fraction of sp³-hybridized carbons (Fsp3) is 0.350. The number of benzene rings is 1. The Morgan fingerprint density at radius 3 is 2.57 bits per heavy atom. The number of nitrogens with one attached hydrogen (secondary N) is 1. The highest BCUT2D eigenvalue weighted by Crippen LogP contribution is 2.21. The van der Waals surface area contributed by atoms with Gasteiger partial charge in [-0.3, -0.25) is 9.48 Å². The molecule has 2 aromatic heterocycles. The van der Waals surface area contributed by atoms with E-state index >= 15 is 0 Å². The Labute approximate surface area is 182 Å². The number of rotatable bonds is 7. The summed E-state index contributed by atoms with van der Waals surface area (Å²) in [6.45, 7) is 8.28. The van der Waals surface area contributed by atoms with Gasteiger partial charge in [0.2, 0.25) is 5.91 Å². The van der Waals surface area contributed by atoms with Crippen LogP contribution in [0.2, 0.25) is 0 Å². The topological polar surface area (TPSA) is 108 Å². The van der Waals surface area contributed by atoms with Gasteiger partial charge < -0.3 is 15.4 Å². The molecule has 1 N–H and O–H groups in total. The Morgan fingerprint density at radius 2 is 1.97 bits per heavy atom. The number of carbonyl (C=O) groups excluding carboxylic acids is 1. The van der Waals surface area contributed by atoms with Crippen molar-refractivity contribution in [1.82, 2.24) is 19.6 Å². The number of amides is 1. The highest BCUT2D eigenvalue weighted by molar-refractivity contribution is 9.10. The van der Waals surface area contributed by atoms with Gasteiger partial charge in [-0.25, -0.2) is 0 Å². The summed E-state index contributed by atoms with van der Waals surface area (Å²) < 4.78 is 4.39. The zero-order valence-corrected chi connectivity index (χ0v) is 18.8. The number of nitrogens with zero attached hydrogens (tertiary/aromatic N) is 5. The van der Waals surface area contributed by atoms with Crippen LogP contribution in [0.25, 0.3) is 0 Å². The predicted molar refractivity (Wildman–Crippen MR) is 116 cm³/mol. The minimum atomic E-state index is -0.541. The molecule has 1 aromatic carbocycles. The lowest BCUT2D eigenvalue weighted by molar-refractivity contribution is -0.389. The molecule has 1 atom stereocenters. The average molecular weight is 475 g/mol. The van der Waals surface area contributed by atoms with Crippen LogP contribution >= 0.6 is 15.9 Å². The van der Waals surface area contributed by atoms with Crippen molar-refractivity contribution in [3.05, 3.63) is 67.6 Å². The van der Waals surface area contributed by atoms with Crippen molar-refractivity contribution in [1.29, 1.82) is 0 Å². The van der Waals surface area contributed by atoms with E-state index in [4.69, 9.17) is 0 Å². The molecule has 0 aliphatic rings. The van der Waals surface area contributed by atoms with Crippen LogP contribution in [0.15, 0.2) is 34.8 Å². The van der Waals surface area contributed by atoms with E-state index in [2.05, 4.69) is 31.4 Å². The van der Waals surface area contributed by atoms with E-state index < -0.39 is 10.8 Å². The van der Waals surface area contributed by atoms with Gasteiger partial charge in [0.15, 0.2) is 0 Å². The number of hydrogen-bond acceptors (Lipinski definition) is 5. The molecule has 30 heavy (non-hydrogen) atoms. The standard InChI is InChI=1S/C20H23BrN6O3/c1-12(10-25-13(2)8-18(24-25)27(29)30)20(28)22-17-7-5-6-16(9-17)11-26-15(4)19(21)14(3)23-26/h5-9,12H,10-11H2,1-4H3,(H,22,28). The summed E-state index contributed by atoms with van der Waals surface area (Å²) in [5.41, 5.74) is 4.31. The first kappa shape index (κ1) is 21.7. The molecule has 158 valence electrons. The van der Waals surface area contributed by atoms with E-state index in [0.29, 0.717) is 17.9 Å². The second-order valence-electron chi connectivity index (χ2n) is 7.32. The zero-order valence-electron chi connectivity index (χ0n) is 17.2. The van der Waals surface area contributed by atoms with Crippen LogP contribution in [0, 0.1) is 36.8 Å². The molecule has 0 radical (unpaired) electrons. The van der Waals surface area contributed by atoms with Crippen LogP contribution in [-0.2, 0) is 17.9 Å². The molecule has 1 amide bonds. The van der Waals surface area contributed by atoms with Gasteiger partial charge in [-0.2, -0.15) is 9.78 Å². The molecule has 0 fully saturated rings. The first-order valence-corrected chi connectivity index (χ1v) is 10.2. The third-order valence-corrected chi connectivity index (χ3v) is 6.02. The van der Waals surface area contributed by atoms with Gasteiger partial charge in [0.25, 0.3) is 0 Å². The third-order valence-electron chi connectivity index (χ3n) is 4.87. The summed E-state index contributed by atoms with van der Waals surface area (Å²) in [5, 5.41) is 22.2. The van der Waals surface area contributed by atoms with Crippen molar-refractivity contribution in [2.75, 3.05) is 5.32 Å². The summed E-state index contributed by atoms with van der Waals surface area (Å²) in [6.07, 6.45) is 0. The highest BCUT2D eigenvalue weighted by Gasteiger charge is 2.21. The summed E-state index contributed by atoms with van der Waals surface area (Å²) >= 11 is 3.53. The van der Waals surface area contributed by atoms with Crippen LogP contribution in [-0.4, -0.2) is 30.4 Å². The van der Waals surface area contributed by atoms with E-state index in [1.165, 1.54) is 10.7 Å². The van der Waals surface area contributed by atoms with Gasteiger partial charge in [-0.15, -0.1) is 0 Å². The van der Waals surface area contributed by atoms with Gasteiger partial charge in [-0.1, -0.05) is 19.1 Å². The first-order chi connectivity index (χ1) is 14.2. The number of carbonyl (C=O) groups is 1. The number of aryl methyl sites for hydroxylation is 2. The fourth-order valence-corrected chi connectivity index (χ4v) is 3.41.